The van der Waals surface area contributed by atoms with Gasteiger partial charge in [-0.3, -0.25) is 14.5 Å². The average molecular weight is 346 g/mol. The summed E-state index contributed by atoms with van der Waals surface area (Å²) < 4.78 is 1.69. The number of likely N-dealkylation sites (N-methyl/N-ethyl adjacent to an activating group) is 1. The van der Waals surface area contributed by atoms with E-state index in [0.717, 1.165) is 19.4 Å². The molecule has 0 saturated carbocycles. The molecule has 2 aliphatic heterocycles. The number of hydrogen-bond acceptors (Lipinski definition) is 5. The van der Waals surface area contributed by atoms with Gasteiger partial charge in [-0.25, -0.2) is 0 Å². The quantitative estimate of drug-likeness (QED) is 0.717. The Bertz CT molecular complexity index is 631. The Morgan fingerprint density at radius 2 is 2.04 bits per heavy atom. The molecule has 1 atom stereocenters. The van der Waals surface area contributed by atoms with Crippen LogP contribution in [0.25, 0.3) is 0 Å². The lowest BCUT2D eigenvalue weighted by molar-refractivity contribution is -0.137. The molecule has 2 saturated heterocycles. The zero-order chi connectivity index (χ0) is 17.9. The van der Waals surface area contributed by atoms with Crippen LogP contribution in [0.5, 0.6) is 0 Å². The van der Waals surface area contributed by atoms with Crippen molar-refractivity contribution in [2.45, 2.75) is 31.3 Å². The van der Waals surface area contributed by atoms with Crippen LogP contribution in [-0.2, 0) is 16.1 Å². The van der Waals surface area contributed by atoms with Crippen molar-refractivity contribution in [1.29, 1.82) is 0 Å². The largest absolute Gasteiger partial charge is 0.339 e. The summed E-state index contributed by atoms with van der Waals surface area (Å²) in [4.78, 5) is 31.1. The van der Waals surface area contributed by atoms with Crippen LogP contribution in [0.4, 0.5) is 0 Å². The molecule has 8 heteroatoms. The van der Waals surface area contributed by atoms with Gasteiger partial charge in [-0.2, -0.15) is 0 Å². The molecule has 1 aromatic rings. The number of amides is 2. The van der Waals surface area contributed by atoms with Gasteiger partial charge in [0, 0.05) is 44.7 Å². The Morgan fingerprint density at radius 3 is 2.76 bits per heavy atom. The molecule has 136 valence electrons. The van der Waals surface area contributed by atoms with Gasteiger partial charge in [-0.15, -0.1) is 16.8 Å². The molecule has 2 fully saturated rings. The van der Waals surface area contributed by atoms with Crippen LogP contribution < -0.4 is 0 Å². The first-order valence-electron chi connectivity index (χ1n) is 8.74. The van der Waals surface area contributed by atoms with E-state index in [2.05, 4.69) is 28.7 Å². The minimum Gasteiger partial charge on any atom is -0.339 e. The van der Waals surface area contributed by atoms with E-state index < -0.39 is 0 Å². The predicted molar refractivity (Wildman–Crippen MR) is 92.6 cm³/mol. The lowest BCUT2D eigenvalue weighted by Crippen LogP contribution is -2.62. The molecule has 0 N–H and O–H groups in total. The van der Waals surface area contributed by atoms with Crippen LogP contribution in [0.1, 0.15) is 19.3 Å². The first kappa shape index (κ1) is 17.6. The standard InChI is InChI=1S/C17H26N6O2/c1-3-7-22-8-6-17(5-4-15(22)24)12-23(10-9-20(17)2)16(25)11-21-13-18-19-14-21/h3,13-14H,1,4-12H2,2H3/t17-/m1/s1. The van der Waals surface area contributed by atoms with Gasteiger partial charge in [0.1, 0.15) is 19.2 Å². The van der Waals surface area contributed by atoms with E-state index in [1.807, 2.05) is 9.80 Å². The molecule has 2 aliphatic rings. The van der Waals surface area contributed by atoms with Crippen LogP contribution in [-0.4, -0.2) is 86.6 Å². The molecule has 0 aliphatic carbocycles. The van der Waals surface area contributed by atoms with Gasteiger partial charge >= 0.3 is 0 Å². The monoisotopic (exact) mass is 346 g/mol. The molecular weight excluding hydrogens is 320 g/mol. The van der Waals surface area contributed by atoms with Gasteiger partial charge in [0.05, 0.1) is 0 Å². The van der Waals surface area contributed by atoms with Crippen molar-refractivity contribution < 1.29 is 9.59 Å². The summed E-state index contributed by atoms with van der Waals surface area (Å²) in [5.74, 6) is 0.254. The third-order valence-electron chi connectivity index (χ3n) is 5.49. The molecule has 8 nitrogen and oxygen atoms in total. The lowest BCUT2D eigenvalue weighted by Gasteiger charge is -2.49. The average Bonchev–Trinajstić information content (AvgIpc) is 3.06. The van der Waals surface area contributed by atoms with Crippen molar-refractivity contribution in [3.05, 3.63) is 25.3 Å². The Hall–Kier alpha value is -2.22. The Morgan fingerprint density at radius 1 is 1.28 bits per heavy atom. The second kappa shape index (κ2) is 7.35. The van der Waals surface area contributed by atoms with E-state index in [9.17, 15) is 9.59 Å². The normalized spacial score (nSPS) is 25.2. The highest BCUT2D eigenvalue weighted by Crippen LogP contribution is 2.32. The van der Waals surface area contributed by atoms with E-state index in [1.165, 1.54) is 0 Å². The number of carbonyl (C=O) groups excluding carboxylic acids is 2. The number of carbonyl (C=O) groups is 2. The summed E-state index contributed by atoms with van der Waals surface area (Å²) in [6.07, 6.45) is 7.06. The summed E-state index contributed by atoms with van der Waals surface area (Å²) in [5, 5.41) is 7.49. The summed E-state index contributed by atoms with van der Waals surface area (Å²) in [6, 6.07) is 0. The van der Waals surface area contributed by atoms with Gasteiger partial charge in [0.15, 0.2) is 0 Å². The van der Waals surface area contributed by atoms with Crippen molar-refractivity contribution in [3.63, 3.8) is 0 Å². The summed E-state index contributed by atoms with van der Waals surface area (Å²) in [7, 11) is 2.11. The highest BCUT2D eigenvalue weighted by Gasteiger charge is 2.43. The lowest BCUT2D eigenvalue weighted by atomic mass is 9.86. The second-order valence-corrected chi connectivity index (χ2v) is 6.97. The highest BCUT2D eigenvalue weighted by atomic mass is 16.2. The molecule has 1 aromatic heterocycles. The minimum atomic E-state index is -0.132. The zero-order valence-electron chi connectivity index (χ0n) is 14.8. The maximum Gasteiger partial charge on any atom is 0.242 e. The summed E-state index contributed by atoms with van der Waals surface area (Å²) >= 11 is 0. The van der Waals surface area contributed by atoms with Crippen molar-refractivity contribution in [2.75, 3.05) is 39.8 Å². The molecule has 3 rings (SSSR count). The van der Waals surface area contributed by atoms with Crippen molar-refractivity contribution in [2.24, 2.45) is 0 Å². The fraction of sp³-hybridized carbons (Fsp3) is 0.647. The number of aromatic nitrogens is 3. The van der Waals surface area contributed by atoms with Gasteiger partial charge < -0.3 is 14.4 Å². The Labute approximate surface area is 148 Å². The molecule has 3 heterocycles. The van der Waals surface area contributed by atoms with Crippen LogP contribution in [0.3, 0.4) is 0 Å². The van der Waals surface area contributed by atoms with Crippen LogP contribution in [0, 0.1) is 0 Å². The first-order chi connectivity index (χ1) is 12.0. The molecule has 0 aromatic carbocycles. The maximum atomic E-state index is 12.7. The van der Waals surface area contributed by atoms with Gasteiger partial charge in [0.2, 0.25) is 11.8 Å². The number of piperazine rings is 1. The second-order valence-electron chi connectivity index (χ2n) is 6.97. The smallest absolute Gasteiger partial charge is 0.242 e. The topological polar surface area (TPSA) is 74.6 Å². The first-order valence-corrected chi connectivity index (χ1v) is 8.74. The SMILES string of the molecule is C=CCN1CC[C@]2(CCC1=O)CN(C(=O)Cn1cnnc1)CCN2C. The van der Waals surface area contributed by atoms with Crippen LogP contribution >= 0.6 is 0 Å². The molecule has 1 spiro atoms. The van der Waals surface area contributed by atoms with Crippen molar-refractivity contribution in [1.82, 2.24) is 29.5 Å². The van der Waals surface area contributed by atoms with E-state index in [4.69, 9.17) is 0 Å². The summed E-state index contributed by atoms with van der Waals surface area (Å²) in [5.41, 5.74) is -0.132. The fourth-order valence-corrected chi connectivity index (χ4v) is 3.82. The molecule has 25 heavy (non-hydrogen) atoms. The zero-order valence-corrected chi connectivity index (χ0v) is 14.8. The third-order valence-corrected chi connectivity index (χ3v) is 5.49. The number of likely N-dealkylation sites (tertiary alicyclic amines) is 1. The third kappa shape index (κ3) is 3.73. The van der Waals surface area contributed by atoms with Crippen molar-refractivity contribution >= 4 is 11.8 Å². The van der Waals surface area contributed by atoms with Gasteiger partial charge in [0.25, 0.3) is 0 Å². The van der Waals surface area contributed by atoms with Gasteiger partial charge in [-0.1, -0.05) is 6.08 Å². The number of nitrogens with zero attached hydrogens (tertiary/aromatic N) is 6. The minimum absolute atomic E-state index is 0.0748. The molecule has 2 amide bonds. The highest BCUT2D eigenvalue weighted by molar-refractivity contribution is 5.77. The molecule has 0 bridgehead atoms. The predicted octanol–water partition coefficient (Wildman–Crippen LogP) is -0.0106. The number of rotatable bonds is 4. The molecule has 0 radical (unpaired) electrons. The maximum absolute atomic E-state index is 12.7. The van der Waals surface area contributed by atoms with Crippen LogP contribution in [0.2, 0.25) is 0 Å². The number of hydrogen-bond donors (Lipinski definition) is 0. The van der Waals surface area contributed by atoms with Gasteiger partial charge in [-0.05, 0) is 19.9 Å². The van der Waals surface area contributed by atoms with E-state index >= 15 is 0 Å². The Balaban J connectivity index is 1.70. The Kier molecular flexibility index (Phi) is 5.17. The molecule has 0 unspecified atom stereocenters. The van der Waals surface area contributed by atoms with Crippen LogP contribution in [0.15, 0.2) is 25.3 Å². The van der Waals surface area contributed by atoms with E-state index in [0.29, 0.717) is 32.6 Å². The summed E-state index contributed by atoms with van der Waals surface area (Å²) in [6.45, 7) is 7.50. The van der Waals surface area contributed by atoms with E-state index in [1.54, 1.807) is 23.3 Å². The molecular formula is C17H26N6O2. The van der Waals surface area contributed by atoms with E-state index in [-0.39, 0.29) is 23.9 Å². The fourth-order valence-electron chi connectivity index (χ4n) is 3.82. The van der Waals surface area contributed by atoms with Crippen molar-refractivity contribution in [3.8, 4) is 0 Å².